The zero-order valence-corrected chi connectivity index (χ0v) is 13.1. The van der Waals surface area contributed by atoms with E-state index in [1.54, 1.807) is 18.2 Å². The number of nitrogens with two attached hydrogens (primary N) is 1. The van der Waals surface area contributed by atoms with Gasteiger partial charge in [-0.25, -0.2) is 0 Å². The lowest BCUT2D eigenvalue weighted by Crippen LogP contribution is -2.44. The fourth-order valence-electron chi connectivity index (χ4n) is 1.99. The third kappa shape index (κ3) is 5.35. The van der Waals surface area contributed by atoms with E-state index in [4.69, 9.17) is 10.2 Å². The van der Waals surface area contributed by atoms with Crippen molar-refractivity contribution in [1.82, 2.24) is 9.80 Å². The summed E-state index contributed by atoms with van der Waals surface area (Å²) in [4.78, 5) is 16.0. The molecule has 0 aromatic carbocycles. The topological polar surface area (TPSA) is 62.7 Å². The standard InChI is InChI=1S/C15H27N3O2/c1-5-18(12-15(2,3)11-16)10-14(19)17(4)9-13-7-6-8-20-13/h6-8H,5,9-12,16H2,1-4H3. The highest BCUT2D eigenvalue weighted by atomic mass is 16.3. The van der Waals surface area contributed by atoms with Crippen molar-refractivity contribution in [3.8, 4) is 0 Å². The van der Waals surface area contributed by atoms with Crippen LogP contribution in [0.1, 0.15) is 26.5 Å². The van der Waals surface area contributed by atoms with E-state index in [0.717, 1.165) is 18.8 Å². The number of hydrogen-bond acceptors (Lipinski definition) is 4. The molecule has 0 aliphatic rings. The minimum Gasteiger partial charge on any atom is -0.467 e. The summed E-state index contributed by atoms with van der Waals surface area (Å²) in [6, 6.07) is 3.70. The van der Waals surface area contributed by atoms with Gasteiger partial charge in [0.15, 0.2) is 0 Å². The maximum Gasteiger partial charge on any atom is 0.236 e. The number of furan rings is 1. The molecule has 1 rings (SSSR count). The van der Waals surface area contributed by atoms with Crippen LogP contribution in [-0.4, -0.2) is 48.9 Å². The summed E-state index contributed by atoms with van der Waals surface area (Å²) in [7, 11) is 1.80. The molecule has 0 bridgehead atoms. The molecule has 0 unspecified atom stereocenters. The molecule has 5 nitrogen and oxygen atoms in total. The average molecular weight is 281 g/mol. The van der Waals surface area contributed by atoms with Gasteiger partial charge in [0.05, 0.1) is 19.4 Å². The molecule has 5 heteroatoms. The van der Waals surface area contributed by atoms with Crippen molar-refractivity contribution in [2.75, 3.05) is 33.2 Å². The van der Waals surface area contributed by atoms with Gasteiger partial charge in [0.1, 0.15) is 5.76 Å². The highest BCUT2D eigenvalue weighted by molar-refractivity contribution is 5.77. The fraction of sp³-hybridized carbons (Fsp3) is 0.667. The van der Waals surface area contributed by atoms with E-state index in [1.807, 2.05) is 12.1 Å². The number of likely N-dealkylation sites (N-methyl/N-ethyl adjacent to an activating group) is 2. The predicted octanol–water partition coefficient (Wildman–Crippen LogP) is 1.54. The van der Waals surface area contributed by atoms with Crippen molar-refractivity contribution in [3.63, 3.8) is 0 Å². The first-order valence-corrected chi connectivity index (χ1v) is 7.06. The first-order valence-electron chi connectivity index (χ1n) is 7.06. The highest BCUT2D eigenvalue weighted by Gasteiger charge is 2.22. The summed E-state index contributed by atoms with van der Waals surface area (Å²) >= 11 is 0. The zero-order valence-electron chi connectivity index (χ0n) is 13.1. The number of nitrogens with zero attached hydrogens (tertiary/aromatic N) is 2. The summed E-state index contributed by atoms with van der Waals surface area (Å²) in [6.45, 7) is 9.48. The van der Waals surface area contributed by atoms with Crippen LogP contribution >= 0.6 is 0 Å². The lowest BCUT2D eigenvalue weighted by molar-refractivity contribution is -0.132. The Morgan fingerprint density at radius 3 is 2.65 bits per heavy atom. The number of rotatable bonds is 8. The SMILES string of the molecule is CCN(CC(=O)N(C)Cc1ccco1)CC(C)(C)CN. The molecule has 0 aliphatic heterocycles. The Morgan fingerprint density at radius 1 is 1.45 bits per heavy atom. The van der Waals surface area contributed by atoms with Crippen LogP contribution in [0.2, 0.25) is 0 Å². The molecule has 20 heavy (non-hydrogen) atoms. The Kier molecular flexibility index (Phi) is 6.23. The van der Waals surface area contributed by atoms with E-state index in [-0.39, 0.29) is 11.3 Å². The van der Waals surface area contributed by atoms with Gasteiger partial charge >= 0.3 is 0 Å². The molecule has 0 atom stereocenters. The third-order valence-corrected chi connectivity index (χ3v) is 3.41. The molecule has 0 spiro atoms. The second-order valence-electron chi connectivity index (χ2n) is 6.00. The van der Waals surface area contributed by atoms with Crippen molar-refractivity contribution in [2.45, 2.75) is 27.3 Å². The molecule has 0 radical (unpaired) electrons. The van der Waals surface area contributed by atoms with E-state index in [0.29, 0.717) is 19.6 Å². The number of carbonyl (C=O) groups is 1. The average Bonchev–Trinajstić information content (AvgIpc) is 2.90. The molecule has 1 aromatic heterocycles. The Balaban J connectivity index is 2.50. The normalized spacial score (nSPS) is 11.9. The molecule has 1 aromatic rings. The van der Waals surface area contributed by atoms with Gasteiger partial charge in [-0.3, -0.25) is 9.69 Å². The third-order valence-electron chi connectivity index (χ3n) is 3.41. The van der Waals surface area contributed by atoms with Crippen LogP contribution in [0.5, 0.6) is 0 Å². The van der Waals surface area contributed by atoms with Crippen LogP contribution in [0.4, 0.5) is 0 Å². The summed E-state index contributed by atoms with van der Waals surface area (Å²) in [5.74, 6) is 0.891. The summed E-state index contributed by atoms with van der Waals surface area (Å²) in [5, 5.41) is 0. The second-order valence-corrected chi connectivity index (χ2v) is 6.00. The molecular formula is C15H27N3O2. The lowest BCUT2D eigenvalue weighted by atomic mass is 9.93. The smallest absolute Gasteiger partial charge is 0.236 e. The molecule has 0 saturated heterocycles. The van der Waals surface area contributed by atoms with Gasteiger partial charge in [-0.05, 0) is 30.6 Å². The van der Waals surface area contributed by atoms with Gasteiger partial charge in [0.2, 0.25) is 5.91 Å². The minimum absolute atomic E-state index is 0.0237. The van der Waals surface area contributed by atoms with E-state index in [1.165, 1.54) is 0 Å². The Hall–Kier alpha value is -1.33. The Bertz CT molecular complexity index is 401. The quantitative estimate of drug-likeness (QED) is 0.785. The van der Waals surface area contributed by atoms with Gasteiger partial charge in [0, 0.05) is 13.6 Å². The molecule has 114 valence electrons. The molecule has 1 heterocycles. The predicted molar refractivity (Wildman–Crippen MR) is 80.1 cm³/mol. The summed E-state index contributed by atoms with van der Waals surface area (Å²) in [6.07, 6.45) is 1.62. The first-order chi connectivity index (χ1) is 9.38. The molecule has 0 aliphatic carbocycles. The van der Waals surface area contributed by atoms with E-state index in [9.17, 15) is 4.79 Å². The van der Waals surface area contributed by atoms with Crippen molar-refractivity contribution in [2.24, 2.45) is 11.1 Å². The number of amides is 1. The highest BCUT2D eigenvalue weighted by Crippen LogP contribution is 2.15. The molecular weight excluding hydrogens is 254 g/mol. The van der Waals surface area contributed by atoms with Gasteiger partial charge < -0.3 is 15.1 Å². The zero-order chi connectivity index (χ0) is 15.2. The number of hydrogen-bond donors (Lipinski definition) is 1. The van der Waals surface area contributed by atoms with Crippen LogP contribution in [0.15, 0.2) is 22.8 Å². The molecule has 0 fully saturated rings. The van der Waals surface area contributed by atoms with Crippen molar-refractivity contribution < 1.29 is 9.21 Å². The fourth-order valence-corrected chi connectivity index (χ4v) is 1.99. The Morgan fingerprint density at radius 2 is 2.15 bits per heavy atom. The van der Waals surface area contributed by atoms with Crippen LogP contribution < -0.4 is 5.73 Å². The van der Waals surface area contributed by atoms with Gasteiger partial charge in [-0.15, -0.1) is 0 Å². The lowest BCUT2D eigenvalue weighted by Gasteiger charge is -2.31. The Labute approximate surface area is 121 Å². The first kappa shape index (κ1) is 16.7. The van der Waals surface area contributed by atoms with Gasteiger partial charge in [-0.1, -0.05) is 20.8 Å². The minimum atomic E-state index is 0.0237. The summed E-state index contributed by atoms with van der Waals surface area (Å²) < 4.78 is 5.26. The molecule has 1 amide bonds. The molecule has 0 saturated carbocycles. The maximum atomic E-state index is 12.2. The van der Waals surface area contributed by atoms with Crippen LogP contribution in [0.25, 0.3) is 0 Å². The van der Waals surface area contributed by atoms with Gasteiger partial charge in [0.25, 0.3) is 0 Å². The van der Waals surface area contributed by atoms with Crippen LogP contribution in [0.3, 0.4) is 0 Å². The largest absolute Gasteiger partial charge is 0.467 e. The summed E-state index contributed by atoms with van der Waals surface area (Å²) in [5.41, 5.74) is 5.78. The monoisotopic (exact) mass is 281 g/mol. The van der Waals surface area contributed by atoms with Crippen LogP contribution in [0, 0.1) is 5.41 Å². The van der Waals surface area contributed by atoms with Crippen molar-refractivity contribution in [3.05, 3.63) is 24.2 Å². The number of carbonyl (C=O) groups excluding carboxylic acids is 1. The molecule has 2 N–H and O–H groups in total. The second kappa shape index (κ2) is 7.45. The van der Waals surface area contributed by atoms with E-state index in [2.05, 4.69) is 25.7 Å². The van der Waals surface area contributed by atoms with Crippen molar-refractivity contribution in [1.29, 1.82) is 0 Å². The van der Waals surface area contributed by atoms with E-state index < -0.39 is 0 Å². The van der Waals surface area contributed by atoms with Crippen molar-refractivity contribution >= 4 is 5.91 Å². The van der Waals surface area contributed by atoms with E-state index >= 15 is 0 Å². The van der Waals surface area contributed by atoms with Gasteiger partial charge in [-0.2, -0.15) is 0 Å². The van der Waals surface area contributed by atoms with Crippen LogP contribution in [-0.2, 0) is 11.3 Å². The maximum absolute atomic E-state index is 12.2.